The predicted molar refractivity (Wildman–Crippen MR) is 144 cm³/mol. The summed E-state index contributed by atoms with van der Waals surface area (Å²) in [6, 6.07) is 16.5. The van der Waals surface area contributed by atoms with Gasteiger partial charge in [0.05, 0.1) is 17.1 Å². The number of benzene rings is 2. The third-order valence-corrected chi connectivity index (χ3v) is 6.04. The Morgan fingerprint density at radius 3 is 2.36 bits per heavy atom. The van der Waals surface area contributed by atoms with Gasteiger partial charge in [0.1, 0.15) is 6.61 Å². The second kappa shape index (κ2) is 12.0. The van der Waals surface area contributed by atoms with E-state index < -0.39 is 17.9 Å². The number of rotatable bonds is 9. The van der Waals surface area contributed by atoms with Gasteiger partial charge in [0.15, 0.2) is 0 Å². The van der Waals surface area contributed by atoms with E-state index in [2.05, 4.69) is 18.5 Å². The zero-order chi connectivity index (χ0) is 26.2. The summed E-state index contributed by atoms with van der Waals surface area (Å²) in [5.74, 6) is -2.58. The first-order valence-corrected chi connectivity index (χ1v) is 11.7. The lowest BCUT2D eigenvalue weighted by molar-refractivity contribution is -0.138. The Balaban J connectivity index is 1.97. The minimum atomic E-state index is -1.13. The van der Waals surface area contributed by atoms with E-state index in [9.17, 15) is 14.7 Å². The molecule has 0 saturated carbocycles. The molecule has 5 nitrogen and oxygen atoms in total. The Bertz CT molecular complexity index is 1320. The summed E-state index contributed by atoms with van der Waals surface area (Å²) in [6.07, 6.45) is 7.00. The first-order valence-electron chi connectivity index (χ1n) is 11.3. The van der Waals surface area contributed by atoms with E-state index in [4.69, 9.17) is 16.3 Å². The molecule has 0 aliphatic carbocycles. The van der Waals surface area contributed by atoms with Crippen molar-refractivity contribution in [3.8, 4) is 0 Å². The molecule has 1 atom stereocenters. The summed E-state index contributed by atoms with van der Waals surface area (Å²) in [4.78, 5) is 25.6. The van der Waals surface area contributed by atoms with E-state index in [0.29, 0.717) is 22.0 Å². The molecule has 0 radical (unpaired) electrons. The molecule has 0 bridgehead atoms. The molecule has 6 heteroatoms. The maximum absolute atomic E-state index is 13.4. The molecule has 0 fully saturated rings. The van der Waals surface area contributed by atoms with Gasteiger partial charge in [-0.2, -0.15) is 0 Å². The van der Waals surface area contributed by atoms with Crippen molar-refractivity contribution in [3.63, 3.8) is 0 Å². The Morgan fingerprint density at radius 1 is 1.06 bits per heavy atom. The van der Waals surface area contributed by atoms with Gasteiger partial charge in [-0.05, 0) is 54.3 Å². The van der Waals surface area contributed by atoms with Gasteiger partial charge in [-0.25, -0.2) is 9.59 Å². The van der Waals surface area contributed by atoms with E-state index >= 15 is 0 Å². The quantitative estimate of drug-likeness (QED) is 0.299. The molecule has 2 aromatic rings. The SMILES string of the molecule is C=C/C=C(C=C)/C(=C/COC(=O)C1=C(C)NC(C)=C(C(=O)O)C1c1cccc(Cl)c1)c1ccccc1. The van der Waals surface area contributed by atoms with Crippen LogP contribution in [-0.2, 0) is 14.3 Å². The highest BCUT2D eigenvalue weighted by atomic mass is 35.5. The largest absolute Gasteiger partial charge is 0.478 e. The fourth-order valence-corrected chi connectivity index (χ4v) is 4.46. The van der Waals surface area contributed by atoms with Crippen LogP contribution in [0.3, 0.4) is 0 Å². The molecular formula is C30H28ClNO4. The molecule has 1 aliphatic heterocycles. The second-order valence-corrected chi connectivity index (χ2v) is 8.58. The van der Waals surface area contributed by atoms with Crippen LogP contribution in [0, 0.1) is 0 Å². The van der Waals surface area contributed by atoms with Gasteiger partial charge >= 0.3 is 11.9 Å². The number of nitrogens with one attached hydrogen (secondary N) is 1. The highest BCUT2D eigenvalue weighted by molar-refractivity contribution is 6.30. The number of halogens is 1. The number of allylic oxidation sites excluding steroid dienone is 7. The standard InChI is InChI=1S/C30H28ClNO4/c1-5-11-21(6-2)25(22-12-8-7-9-13-22)16-17-36-30(35)27-20(4)32-19(3)26(29(33)34)28(27)23-14-10-15-24(31)18-23/h5-16,18,28,32H,1-2,17H2,3-4H3,(H,33,34)/b21-11+,25-16-. The van der Waals surface area contributed by atoms with E-state index in [1.807, 2.05) is 36.4 Å². The summed E-state index contributed by atoms with van der Waals surface area (Å²) in [6.45, 7) is 11.0. The van der Waals surface area contributed by atoms with Gasteiger partial charge in [0, 0.05) is 16.4 Å². The van der Waals surface area contributed by atoms with Crippen molar-refractivity contribution in [1.29, 1.82) is 0 Å². The number of carbonyl (C=O) groups is 2. The Kier molecular flexibility index (Phi) is 8.87. The monoisotopic (exact) mass is 501 g/mol. The van der Waals surface area contributed by atoms with E-state index in [0.717, 1.165) is 16.7 Å². The van der Waals surface area contributed by atoms with Crippen LogP contribution in [-0.4, -0.2) is 23.7 Å². The third-order valence-electron chi connectivity index (χ3n) is 5.81. The lowest BCUT2D eigenvalue weighted by Crippen LogP contribution is -2.31. The summed E-state index contributed by atoms with van der Waals surface area (Å²) in [5, 5.41) is 13.4. The molecule has 1 heterocycles. The van der Waals surface area contributed by atoms with E-state index in [-0.39, 0.29) is 17.8 Å². The van der Waals surface area contributed by atoms with Crippen LogP contribution in [0.5, 0.6) is 0 Å². The van der Waals surface area contributed by atoms with E-state index in [1.54, 1.807) is 56.3 Å². The lowest BCUT2D eigenvalue weighted by Gasteiger charge is -2.29. The molecule has 1 unspecified atom stereocenters. The molecule has 2 aromatic carbocycles. The number of carbonyl (C=O) groups excluding carboxylic acids is 1. The van der Waals surface area contributed by atoms with Crippen molar-refractivity contribution < 1.29 is 19.4 Å². The molecular weight excluding hydrogens is 474 g/mol. The number of carboxylic acid groups (broad SMARTS) is 1. The van der Waals surface area contributed by atoms with Crippen LogP contribution < -0.4 is 5.32 Å². The van der Waals surface area contributed by atoms with Crippen molar-refractivity contribution >= 4 is 29.1 Å². The summed E-state index contributed by atoms with van der Waals surface area (Å²) < 4.78 is 5.67. The average Bonchev–Trinajstić information content (AvgIpc) is 2.85. The smallest absolute Gasteiger partial charge is 0.337 e. The van der Waals surface area contributed by atoms with Gasteiger partial charge in [-0.1, -0.05) is 85.5 Å². The first-order chi connectivity index (χ1) is 17.3. The molecule has 0 spiro atoms. The maximum Gasteiger partial charge on any atom is 0.337 e. The first kappa shape index (κ1) is 26.5. The van der Waals surface area contributed by atoms with Gasteiger partial charge in [0.25, 0.3) is 0 Å². The van der Waals surface area contributed by atoms with Crippen molar-refractivity contribution in [2.75, 3.05) is 6.61 Å². The van der Waals surface area contributed by atoms with Crippen LogP contribution in [0.2, 0.25) is 5.02 Å². The molecule has 2 N–H and O–H groups in total. The number of hydrogen-bond acceptors (Lipinski definition) is 4. The zero-order valence-electron chi connectivity index (χ0n) is 20.3. The second-order valence-electron chi connectivity index (χ2n) is 8.14. The van der Waals surface area contributed by atoms with Gasteiger partial charge in [0.2, 0.25) is 0 Å². The van der Waals surface area contributed by atoms with Crippen molar-refractivity contribution in [3.05, 3.63) is 136 Å². The van der Waals surface area contributed by atoms with Crippen LogP contribution in [0.15, 0.2) is 120 Å². The summed E-state index contributed by atoms with van der Waals surface area (Å²) in [7, 11) is 0. The molecule has 36 heavy (non-hydrogen) atoms. The molecule has 0 aromatic heterocycles. The minimum absolute atomic E-state index is 0.0322. The number of ether oxygens (including phenoxy) is 1. The van der Waals surface area contributed by atoms with E-state index in [1.165, 1.54) is 0 Å². The Hall–Kier alpha value is -4.09. The van der Waals surface area contributed by atoms with Gasteiger partial charge in [-0.3, -0.25) is 0 Å². The normalized spacial score (nSPS) is 16.4. The molecule has 0 amide bonds. The van der Waals surface area contributed by atoms with Crippen molar-refractivity contribution in [2.45, 2.75) is 19.8 Å². The predicted octanol–water partition coefficient (Wildman–Crippen LogP) is 6.58. The van der Waals surface area contributed by atoms with Crippen LogP contribution >= 0.6 is 11.6 Å². The molecule has 0 saturated heterocycles. The highest BCUT2D eigenvalue weighted by Crippen LogP contribution is 2.39. The van der Waals surface area contributed by atoms with Crippen LogP contribution in [0.4, 0.5) is 0 Å². The number of aliphatic carboxylic acids is 1. The van der Waals surface area contributed by atoms with Crippen LogP contribution in [0.25, 0.3) is 5.57 Å². The van der Waals surface area contributed by atoms with Gasteiger partial charge in [-0.15, -0.1) is 0 Å². The zero-order valence-corrected chi connectivity index (χ0v) is 21.0. The minimum Gasteiger partial charge on any atom is -0.478 e. The average molecular weight is 502 g/mol. The van der Waals surface area contributed by atoms with Crippen LogP contribution in [0.1, 0.15) is 30.9 Å². The summed E-state index contributed by atoms with van der Waals surface area (Å²) >= 11 is 6.20. The number of hydrogen-bond donors (Lipinski definition) is 2. The number of dihydropyridines is 1. The Morgan fingerprint density at radius 2 is 1.75 bits per heavy atom. The van der Waals surface area contributed by atoms with Crippen molar-refractivity contribution in [2.24, 2.45) is 0 Å². The van der Waals surface area contributed by atoms with Gasteiger partial charge < -0.3 is 15.2 Å². The highest BCUT2D eigenvalue weighted by Gasteiger charge is 2.37. The summed E-state index contributed by atoms with van der Waals surface area (Å²) in [5.41, 5.74) is 4.45. The van der Waals surface area contributed by atoms with Crippen molar-refractivity contribution in [1.82, 2.24) is 5.32 Å². The third kappa shape index (κ3) is 5.93. The topological polar surface area (TPSA) is 75.6 Å². The maximum atomic E-state index is 13.4. The fourth-order valence-electron chi connectivity index (χ4n) is 4.26. The molecule has 1 aliphatic rings. The molecule has 3 rings (SSSR count). The number of esters is 1. The number of carboxylic acids is 1. The molecule has 184 valence electrons. The fraction of sp³-hybridized carbons (Fsp3) is 0.133. The lowest BCUT2D eigenvalue weighted by atomic mass is 9.80. The Labute approximate surface area is 216 Å².